The van der Waals surface area contributed by atoms with Gasteiger partial charge in [-0.1, -0.05) is 13.8 Å². The van der Waals surface area contributed by atoms with E-state index in [4.69, 9.17) is 5.73 Å². The van der Waals surface area contributed by atoms with Gasteiger partial charge in [0.15, 0.2) is 11.7 Å². The molecule has 0 fully saturated rings. The average molecular weight is 436 g/mol. The van der Waals surface area contributed by atoms with E-state index in [0.29, 0.717) is 36.4 Å². The molecular weight excluding hydrogens is 416 g/mol. The Balaban J connectivity index is 0.00000400. The van der Waals surface area contributed by atoms with Crippen LogP contribution in [0.4, 0.5) is 13.2 Å². The topological polar surface area (TPSA) is 63.3 Å². The lowest BCUT2D eigenvalue weighted by molar-refractivity contribution is -0.140. The van der Waals surface area contributed by atoms with Gasteiger partial charge in [0, 0.05) is 24.9 Å². The van der Waals surface area contributed by atoms with E-state index < -0.39 is 11.9 Å². The first-order chi connectivity index (χ1) is 9.29. The Kier molecular flexibility index (Phi) is 9.18. The number of nitrogens with one attached hydrogen (secondary N) is 1. The summed E-state index contributed by atoms with van der Waals surface area (Å²) in [5.74, 6) is 0.876. The standard InChI is InChI=1S/C12H19F3N4S.HI/c1-8(2)3-5-17-11(16)18-6-4-10-19-9(7-20-10)12(13,14)15;/h7-8H,3-6H2,1-2H3,(H3,16,17,18);1H. The normalized spacial score (nSPS) is 12.4. The van der Waals surface area contributed by atoms with Crippen molar-refractivity contribution in [2.75, 3.05) is 13.1 Å². The van der Waals surface area contributed by atoms with E-state index in [1.807, 2.05) is 0 Å². The van der Waals surface area contributed by atoms with E-state index in [-0.39, 0.29) is 24.0 Å². The summed E-state index contributed by atoms with van der Waals surface area (Å²) in [6.07, 6.45) is -3.04. The zero-order chi connectivity index (χ0) is 15.2. The van der Waals surface area contributed by atoms with Crippen LogP contribution in [-0.4, -0.2) is 24.0 Å². The quantitative estimate of drug-likeness (QED) is 0.409. The number of alkyl halides is 3. The minimum atomic E-state index is -4.38. The fraction of sp³-hybridized carbons (Fsp3) is 0.667. The summed E-state index contributed by atoms with van der Waals surface area (Å²) >= 11 is 0.998. The molecule has 1 aromatic rings. The first-order valence-electron chi connectivity index (χ1n) is 6.34. The molecule has 0 aliphatic carbocycles. The molecule has 0 radical (unpaired) electrons. The van der Waals surface area contributed by atoms with Crippen LogP contribution in [0.2, 0.25) is 0 Å². The van der Waals surface area contributed by atoms with Gasteiger partial charge >= 0.3 is 6.18 Å². The SMILES string of the molecule is CC(C)CCN=C(N)NCCc1nc(C(F)(F)F)cs1.I. The number of halogens is 4. The van der Waals surface area contributed by atoms with Gasteiger partial charge in [-0.15, -0.1) is 35.3 Å². The molecule has 1 aromatic heterocycles. The van der Waals surface area contributed by atoms with Crippen LogP contribution in [0.5, 0.6) is 0 Å². The molecule has 0 saturated carbocycles. The maximum Gasteiger partial charge on any atom is 0.434 e. The fourth-order valence-electron chi connectivity index (χ4n) is 1.35. The first kappa shape index (κ1) is 20.4. The van der Waals surface area contributed by atoms with Gasteiger partial charge in [-0.2, -0.15) is 13.2 Å². The summed E-state index contributed by atoms with van der Waals surface area (Å²) in [6.45, 7) is 5.26. The Morgan fingerprint density at radius 3 is 2.67 bits per heavy atom. The van der Waals surface area contributed by atoms with Gasteiger partial charge in [-0.25, -0.2) is 4.98 Å². The number of guanidine groups is 1. The lowest BCUT2D eigenvalue weighted by Gasteiger charge is -2.05. The van der Waals surface area contributed by atoms with Crippen molar-refractivity contribution in [2.45, 2.75) is 32.9 Å². The first-order valence-corrected chi connectivity index (χ1v) is 7.22. The highest BCUT2D eigenvalue weighted by molar-refractivity contribution is 14.0. The maximum atomic E-state index is 12.3. The summed E-state index contributed by atoms with van der Waals surface area (Å²) in [5, 5.41) is 4.32. The van der Waals surface area contributed by atoms with Crippen molar-refractivity contribution in [2.24, 2.45) is 16.6 Å². The molecule has 1 heterocycles. The highest BCUT2D eigenvalue weighted by Gasteiger charge is 2.33. The smallest absolute Gasteiger partial charge is 0.370 e. The lowest BCUT2D eigenvalue weighted by Crippen LogP contribution is -2.33. The van der Waals surface area contributed by atoms with Crippen LogP contribution in [0.25, 0.3) is 0 Å². The molecule has 1 rings (SSSR count). The van der Waals surface area contributed by atoms with Gasteiger partial charge in [0.25, 0.3) is 0 Å². The van der Waals surface area contributed by atoms with Crippen molar-refractivity contribution in [1.29, 1.82) is 0 Å². The van der Waals surface area contributed by atoms with Crippen LogP contribution in [0.3, 0.4) is 0 Å². The van der Waals surface area contributed by atoms with Crippen LogP contribution in [0.15, 0.2) is 10.4 Å². The second kappa shape index (κ2) is 9.44. The monoisotopic (exact) mass is 436 g/mol. The van der Waals surface area contributed by atoms with Crippen LogP contribution in [0.1, 0.15) is 31.0 Å². The molecule has 122 valence electrons. The molecule has 21 heavy (non-hydrogen) atoms. The van der Waals surface area contributed by atoms with Gasteiger partial charge < -0.3 is 11.1 Å². The summed E-state index contributed by atoms with van der Waals surface area (Å²) in [6, 6.07) is 0. The summed E-state index contributed by atoms with van der Waals surface area (Å²) < 4.78 is 37.0. The van der Waals surface area contributed by atoms with E-state index in [9.17, 15) is 13.2 Å². The van der Waals surface area contributed by atoms with E-state index in [1.165, 1.54) is 0 Å². The number of hydrogen-bond donors (Lipinski definition) is 2. The highest BCUT2D eigenvalue weighted by atomic mass is 127. The highest BCUT2D eigenvalue weighted by Crippen LogP contribution is 2.29. The predicted octanol–water partition coefficient (Wildman–Crippen LogP) is 3.27. The molecule has 9 heteroatoms. The Morgan fingerprint density at radius 1 is 1.48 bits per heavy atom. The van der Waals surface area contributed by atoms with Gasteiger partial charge in [-0.05, 0) is 12.3 Å². The van der Waals surface area contributed by atoms with Crippen molar-refractivity contribution >= 4 is 41.3 Å². The number of nitrogens with two attached hydrogens (primary N) is 1. The van der Waals surface area contributed by atoms with Gasteiger partial charge in [0.1, 0.15) is 0 Å². The van der Waals surface area contributed by atoms with E-state index >= 15 is 0 Å². The zero-order valence-corrected chi connectivity index (χ0v) is 15.1. The van der Waals surface area contributed by atoms with Crippen LogP contribution in [0, 0.1) is 5.92 Å². The molecule has 0 unspecified atom stereocenters. The molecule has 0 bridgehead atoms. The number of nitrogens with zero attached hydrogens (tertiary/aromatic N) is 2. The molecule has 0 amide bonds. The van der Waals surface area contributed by atoms with Crippen molar-refractivity contribution in [3.05, 3.63) is 16.1 Å². The van der Waals surface area contributed by atoms with Crippen LogP contribution >= 0.6 is 35.3 Å². The second-order valence-electron chi connectivity index (χ2n) is 4.75. The van der Waals surface area contributed by atoms with Crippen molar-refractivity contribution in [1.82, 2.24) is 10.3 Å². The Bertz CT molecular complexity index is 446. The molecule has 0 saturated heterocycles. The largest absolute Gasteiger partial charge is 0.434 e. The minimum Gasteiger partial charge on any atom is -0.370 e. The minimum absolute atomic E-state index is 0. The summed E-state index contributed by atoms with van der Waals surface area (Å²) in [4.78, 5) is 7.66. The van der Waals surface area contributed by atoms with Crippen molar-refractivity contribution in [3.8, 4) is 0 Å². The van der Waals surface area contributed by atoms with Gasteiger partial charge in [0.05, 0.1) is 5.01 Å². The zero-order valence-electron chi connectivity index (χ0n) is 11.9. The molecule has 0 aromatic carbocycles. The number of hydrogen-bond acceptors (Lipinski definition) is 3. The molecule has 3 N–H and O–H groups in total. The molecule has 0 aliphatic rings. The molecule has 0 aliphatic heterocycles. The number of aliphatic imine (C=N–C) groups is 1. The fourth-order valence-corrected chi connectivity index (χ4v) is 2.16. The van der Waals surface area contributed by atoms with Crippen LogP contribution < -0.4 is 11.1 Å². The third kappa shape index (κ3) is 8.44. The predicted molar refractivity (Wildman–Crippen MR) is 90.2 cm³/mol. The van der Waals surface area contributed by atoms with Crippen LogP contribution in [-0.2, 0) is 12.6 Å². The molecule has 4 nitrogen and oxygen atoms in total. The Hall–Kier alpha value is -0.580. The van der Waals surface area contributed by atoms with Crippen molar-refractivity contribution in [3.63, 3.8) is 0 Å². The third-order valence-corrected chi connectivity index (χ3v) is 3.38. The summed E-state index contributed by atoms with van der Waals surface area (Å²) in [7, 11) is 0. The van der Waals surface area contributed by atoms with Gasteiger partial charge in [-0.3, -0.25) is 4.99 Å². The van der Waals surface area contributed by atoms with E-state index in [2.05, 4.69) is 29.1 Å². The van der Waals surface area contributed by atoms with Gasteiger partial charge in [0.2, 0.25) is 0 Å². The second-order valence-corrected chi connectivity index (χ2v) is 5.69. The molecule has 0 atom stereocenters. The number of aromatic nitrogens is 1. The van der Waals surface area contributed by atoms with E-state index in [1.54, 1.807) is 0 Å². The van der Waals surface area contributed by atoms with Crippen molar-refractivity contribution < 1.29 is 13.2 Å². The third-order valence-electron chi connectivity index (χ3n) is 2.48. The Labute approximate surface area is 143 Å². The summed E-state index contributed by atoms with van der Waals surface area (Å²) in [5.41, 5.74) is 4.80. The average Bonchev–Trinajstić information content (AvgIpc) is 2.77. The lowest BCUT2D eigenvalue weighted by atomic mass is 10.1. The molecule has 0 spiro atoms. The number of thiazole rings is 1. The Morgan fingerprint density at radius 2 is 2.14 bits per heavy atom. The van der Waals surface area contributed by atoms with E-state index in [0.717, 1.165) is 23.1 Å². The molecular formula is C12H20F3IN4S. The maximum absolute atomic E-state index is 12.3. The number of rotatable bonds is 6.